The van der Waals surface area contributed by atoms with Crippen LogP contribution in [0.15, 0.2) is 24.3 Å². The standard InChI is InChI=1S/C13H18N2O3S/c1-15(13(18)14-8-5-9-19-2)11-7-4-3-6-10(11)12(16)17/h3-4,6-7H,5,8-9H2,1-2H3,(H,14,18)(H,16,17). The van der Waals surface area contributed by atoms with Gasteiger partial charge in [-0.05, 0) is 30.6 Å². The molecule has 0 unspecified atom stereocenters. The van der Waals surface area contributed by atoms with E-state index in [9.17, 15) is 9.59 Å². The fraction of sp³-hybridized carbons (Fsp3) is 0.385. The number of benzene rings is 1. The Morgan fingerprint density at radius 3 is 2.68 bits per heavy atom. The van der Waals surface area contributed by atoms with Crippen LogP contribution < -0.4 is 10.2 Å². The van der Waals surface area contributed by atoms with Gasteiger partial charge in [-0.1, -0.05) is 12.1 Å². The first kappa shape index (κ1) is 15.4. The molecule has 0 fully saturated rings. The summed E-state index contributed by atoms with van der Waals surface area (Å²) in [6.45, 7) is 0.583. The third-order valence-corrected chi connectivity index (χ3v) is 3.30. The molecule has 0 heterocycles. The second kappa shape index (κ2) is 7.68. The molecule has 0 aliphatic rings. The van der Waals surface area contributed by atoms with Crippen molar-refractivity contribution in [3.05, 3.63) is 29.8 Å². The van der Waals surface area contributed by atoms with Gasteiger partial charge in [-0.2, -0.15) is 11.8 Å². The monoisotopic (exact) mass is 282 g/mol. The molecule has 0 atom stereocenters. The van der Waals surface area contributed by atoms with Crippen LogP contribution in [0.4, 0.5) is 10.5 Å². The van der Waals surface area contributed by atoms with Gasteiger partial charge in [0.15, 0.2) is 0 Å². The van der Waals surface area contributed by atoms with E-state index >= 15 is 0 Å². The van der Waals surface area contributed by atoms with Gasteiger partial charge >= 0.3 is 12.0 Å². The number of carbonyl (C=O) groups is 2. The molecule has 19 heavy (non-hydrogen) atoms. The maximum absolute atomic E-state index is 11.9. The molecule has 0 spiro atoms. The zero-order valence-corrected chi connectivity index (χ0v) is 11.9. The summed E-state index contributed by atoms with van der Waals surface area (Å²) in [6, 6.07) is 6.14. The largest absolute Gasteiger partial charge is 0.478 e. The van der Waals surface area contributed by atoms with Crippen LogP contribution in [0.1, 0.15) is 16.8 Å². The lowest BCUT2D eigenvalue weighted by molar-refractivity contribution is 0.0697. The third-order valence-electron chi connectivity index (χ3n) is 2.60. The van der Waals surface area contributed by atoms with Crippen LogP contribution in [0.3, 0.4) is 0 Å². The van der Waals surface area contributed by atoms with E-state index in [1.807, 2.05) is 6.26 Å². The van der Waals surface area contributed by atoms with Gasteiger partial charge in [0.25, 0.3) is 0 Å². The Hall–Kier alpha value is -1.69. The Morgan fingerprint density at radius 1 is 1.37 bits per heavy atom. The molecule has 104 valence electrons. The summed E-state index contributed by atoms with van der Waals surface area (Å²) in [4.78, 5) is 24.3. The number of hydrogen-bond donors (Lipinski definition) is 2. The normalized spacial score (nSPS) is 10.0. The van der Waals surface area contributed by atoms with Crippen LogP contribution in [0.5, 0.6) is 0 Å². The lowest BCUT2D eigenvalue weighted by Crippen LogP contribution is -2.38. The Morgan fingerprint density at radius 2 is 2.05 bits per heavy atom. The number of rotatable bonds is 6. The van der Waals surface area contributed by atoms with Gasteiger partial charge in [0.1, 0.15) is 0 Å². The number of aromatic carboxylic acids is 1. The minimum absolute atomic E-state index is 0.115. The molecule has 1 aromatic carbocycles. The van der Waals surface area contributed by atoms with Gasteiger partial charge < -0.3 is 10.4 Å². The van der Waals surface area contributed by atoms with Crippen LogP contribution in [-0.4, -0.2) is 42.7 Å². The lowest BCUT2D eigenvalue weighted by Gasteiger charge is -2.19. The molecule has 1 rings (SSSR count). The summed E-state index contributed by atoms with van der Waals surface area (Å²) in [6.07, 6.45) is 2.90. The smallest absolute Gasteiger partial charge is 0.337 e. The molecule has 0 aromatic heterocycles. The average molecular weight is 282 g/mol. The topological polar surface area (TPSA) is 69.6 Å². The number of amides is 2. The second-order valence-electron chi connectivity index (χ2n) is 3.96. The summed E-state index contributed by atoms with van der Waals surface area (Å²) in [5.74, 6) is -0.0620. The predicted octanol–water partition coefficient (Wildman–Crippen LogP) is 2.28. The third kappa shape index (κ3) is 4.48. The Bertz CT molecular complexity index is 451. The highest BCUT2D eigenvalue weighted by molar-refractivity contribution is 7.98. The van der Waals surface area contributed by atoms with Gasteiger partial charge in [0.2, 0.25) is 0 Å². The predicted molar refractivity (Wildman–Crippen MR) is 78.2 cm³/mol. The van der Waals surface area contributed by atoms with Crippen LogP contribution in [-0.2, 0) is 0 Å². The second-order valence-corrected chi connectivity index (χ2v) is 4.95. The number of anilines is 1. The number of nitrogens with one attached hydrogen (secondary N) is 1. The zero-order chi connectivity index (χ0) is 14.3. The molecule has 0 aliphatic heterocycles. The van der Waals surface area contributed by atoms with Crippen molar-refractivity contribution >= 4 is 29.4 Å². The molecule has 6 heteroatoms. The molecule has 2 amide bonds. The number of carboxylic acid groups (broad SMARTS) is 1. The Labute approximate surface area is 117 Å². The number of para-hydroxylation sites is 1. The van der Waals surface area contributed by atoms with E-state index < -0.39 is 5.97 Å². The van der Waals surface area contributed by atoms with Crippen molar-refractivity contribution in [1.29, 1.82) is 0 Å². The fourth-order valence-corrected chi connectivity index (χ4v) is 2.02. The Kier molecular flexibility index (Phi) is 6.21. The van der Waals surface area contributed by atoms with Gasteiger partial charge in [0, 0.05) is 13.6 Å². The van der Waals surface area contributed by atoms with Crippen LogP contribution in [0.2, 0.25) is 0 Å². The molecular formula is C13H18N2O3S. The summed E-state index contributed by atoms with van der Waals surface area (Å²) in [7, 11) is 1.56. The van der Waals surface area contributed by atoms with E-state index in [4.69, 9.17) is 5.11 Å². The van der Waals surface area contributed by atoms with Crippen molar-refractivity contribution < 1.29 is 14.7 Å². The summed E-state index contributed by atoms with van der Waals surface area (Å²) in [5.41, 5.74) is 0.502. The van der Waals surface area contributed by atoms with E-state index in [0.29, 0.717) is 12.2 Å². The molecule has 1 aromatic rings. The first-order chi connectivity index (χ1) is 9.07. The van der Waals surface area contributed by atoms with E-state index in [-0.39, 0.29) is 11.6 Å². The number of hydrogen-bond acceptors (Lipinski definition) is 3. The minimum atomic E-state index is -1.04. The summed E-state index contributed by atoms with van der Waals surface area (Å²) < 4.78 is 0. The number of urea groups is 1. The molecule has 5 nitrogen and oxygen atoms in total. The molecule has 0 radical (unpaired) electrons. The quantitative estimate of drug-likeness (QED) is 0.785. The summed E-state index contributed by atoms with van der Waals surface area (Å²) in [5, 5.41) is 11.8. The maximum Gasteiger partial charge on any atom is 0.337 e. The molecule has 0 bridgehead atoms. The fourth-order valence-electron chi connectivity index (χ4n) is 1.59. The van der Waals surface area contributed by atoms with E-state index in [1.54, 1.807) is 37.0 Å². The maximum atomic E-state index is 11.9. The molecule has 0 saturated carbocycles. The summed E-state index contributed by atoms with van der Waals surface area (Å²) >= 11 is 1.72. The molecule has 0 aliphatic carbocycles. The van der Waals surface area contributed by atoms with Crippen molar-refractivity contribution in [2.45, 2.75) is 6.42 Å². The highest BCUT2D eigenvalue weighted by Crippen LogP contribution is 2.19. The van der Waals surface area contributed by atoms with Crippen LogP contribution in [0, 0.1) is 0 Å². The van der Waals surface area contributed by atoms with Crippen molar-refractivity contribution in [3.63, 3.8) is 0 Å². The van der Waals surface area contributed by atoms with Crippen LogP contribution >= 0.6 is 11.8 Å². The van der Waals surface area contributed by atoms with E-state index in [1.165, 1.54) is 11.0 Å². The van der Waals surface area contributed by atoms with Crippen molar-refractivity contribution in [2.75, 3.05) is 30.5 Å². The van der Waals surface area contributed by atoms with Crippen molar-refractivity contribution in [1.82, 2.24) is 5.32 Å². The van der Waals surface area contributed by atoms with Gasteiger partial charge in [-0.15, -0.1) is 0 Å². The van der Waals surface area contributed by atoms with E-state index in [0.717, 1.165) is 12.2 Å². The van der Waals surface area contributed by atoms with Crippen LogP contribution in [0.25, 0.3) is 0 Å². The zero-order valence-electron chi connectivity index (χ0n) is 11.0. The van der Waals surface area contributed by atoms with Crippen molar-refractivity contribution in [2.24, 2.45) is 0 Å². The number of carbonyl (C=O) groups excluding carboxylic acids is 1. The molecular weight excluding hydrogens is 264 g/mol. The highest BCUT2D eigenvalue weighted by Gasteiger charge is 2.17. The Balaban J connectivity index is 2.69. The van der Waals surface area contributed by atoms with E-state index in [2.05, 4.69) is 5.32 Å². The first-order valence-corrected chi connectivity index (χ1v) is 7.30. The number of carboxylic acids is 1. The number of nitrogens with zero attached hydrogens (tertiary/aromatic N) is 1. The van der Waals surface area contributed by atoms with Gasteiger partial charge in [0.05, 0.1) is 11.3 Å². The lowest BCUT2D eigenvalue weighted by atomic mass is 10.1. The molecule has 0 saturated heterocycles. The average Bonchev–Trinajstić information content (AvgIpc) is 2.42. The molecule has 2 N–H and O–H groups in total. The number of thioether (sulfide) groups is 1. The highest BCUT2D eigenvalue weighted by atomic mass is 32.2. The minimum Gasteiger partial charge on any atom is -0.478 e. The first-order valence-electron chi connectivity index (χ1n) is 5.90. The van der Waals surface area contributed by atoms with Gasteiger partial charge in [-0.3, -0.25) is 4.90 Å². The SMILES string of the molecule is CSCCCNC(=O)N(C)c1ccccc1C(=O)O. The van der Waals surface area contributed by atoms with Crippen molar-refractivity contribution in [3.8, 4) is 0 Å². The van der Waals surface area contributed by atoms with Gasteiger partial charge in [-0.25, -0.2) is 9.59 Å².